The van der Waals surface area contributed by atoms with Gasteiger partial charge in [0.15, 0.2) is 6.10 Å². The molecule has 7 heteroatoms. The highest BCUT2D eigenvalue weighted by Crippen LogP contribution is 2.16. The fourth-order valence-corrected chi connectivity index (χ4v) is 2.42. The van der Waals surface area contributed by atoms with Gasteiger partial charge in [0.25, 0.3) is 0 Å². The monoisotopic (exact) mass is 272 g/mol. The third-order valence-electron chi connectivity index (χ3n) is 3.65. The summed E-state index contributed by atoms with van der Waals surface area (Å²) in [7, 11) is 1.77. The summed E-state index contributed by atoms with van der Waals surface area (Å²) in [6, 6.07) is 0.0498. The van der Waals surface area contributed by atoms with Crippen molar-refractivity contribution in [2.75, 3.05) is 40.0 Å². The van der Waals surface area contributed by atoms with Crippen LogP contribution < -0.4 is 0 Å². The van der Waals surface area contributed by atoms with Gasteiger partial charge in [-0.05, 0) is 12.8 Å². The number of carboxylic acids is 1. The summed E-state index contributed by atoms with van der Waals surface area (Å²) in [4.78, 5) is 26.5. The first-order valence-electron chi connectivity index (χ1n) is 6.53. The van der Waals surface area contributed by atoms with Gasteiger partial charge in [0, 0.05) is 32.8 Å². The topological polar surface area (TPSA) is 79.3 Å². The Bertz CT molecular complexity index is 343. The second kappa shape index (κ2) is 6.21. The van der Waals surface area contributed by atoms with Crippen LogP contribution in [0.5, 0.6) is 0 Å². The van der Waals surface area contributed by atoms with Crippen molar-refractivity contribution in [1.82, 2.24) is 9.80 Å². The van der Waals surface area contributed by atoms with Crippen molar-refractivity contribution >= 4 is 12.0 Å². The predicted octanol–water partition coefficient (Wildman–Crippen LogP) is 0.00260. The lowest BCUT2D eigenvalue weighted by Crippen LogP contribution is -2.54. The maximum atomic E-state index is 12.3. The molecule has 2 heterocycles. The van der Waals surface area contributed by atoms with Crippen LogP contribution in [0.2, 0.25) is 0 Å². The molecular weight excluding hydrogens is 252 g/mol. The summed E-state index contributed by atoms with van der Waals surface area (Å²) >= 11 is 0. The summed E-state index contributed by atoms with van der Waals surface area (Å²) in [5.74, 6) is -1.02. The number of amides is 2. The molecule has 0 spiro atoms. The van der Waals surface area contributed by atoms with E-state index >= 15 is 0 Å². The van der Waals surface area contributed by atoms with Crippen LogP contribution in [-0.2, 0) is 14.3 Å². The van der Waals surface area contributed by atoms with Gasteiger partial charge in [-0.3, -0.25) is 0 Å². The molecule has 2 rings (SSSR count). The Labute approximate surface area is 112 Å². The molecular formula is C12H20N2O5. The molecule has 0 bridgehead atoms. The quantitative estimate of drug-likeness (QED) is 0.765. The molecule has 2 aliphatic rings. The molecule has 0 aromatic heterocycles. The lowest BCUT2D eigenvalue weighted by Gasteiger charge is -2.38. The molecule has 7 nitrogen and oxygen atoms in total. The lowest BCUT2D eigenvalue weighted by atomic mass is 10.1. The largest absolute Gasteiger partial charge is 0.479 e. The number of carbonyl (C=O) groups is 2. The average Bonchev–Trinajstić information content (AvgIpc) is 2.46. The Hall–Kier alpha value is -1.34. The van der Waals surface area contributed by atoms with Crippen LogP contribution in [0.1, 0.15) is 12.8 Å². The van der Waals surface area contributed by atoms with Crippen molar-refractivity contribution in [3.63, 3.8) is 0 Å². The maximum absolute atomic E-state index is 12.3. The molecule has 108 valence electrons. The smallest absolute Gasteiger partial charge is 0.334 e. The molecule has 1 atom stereocenters. The molecule has 1 N–H and O–H groups in total. The van der Waals surface area contributed by atoms with Crippen LogP contribution >= 0.6 is 0 Å². The molecule has 0 aliphatic carbocycles. The Morgan fingerprint density at radius 1 is 1.26 bits per heavy atom. The zero-order valence-electron chi connectivity index (χ0n) is 11.1. The van der Waals surface area contributed by atoms with Gasteiger partial charge in [-0.15, -0.1) is 0 Å². The van der Waals surface area contributed by atoms with Gasteiger partial charge in [0.2, 0.25) is 0 Å². The van der Waals surface area contributed by atoms with Crippen LogP contribution in [0.3, 0.4) is 0 Å². The molecule has 0 saturated carbocycles. The molecule has 0 radical (unpaired) electrons. The first-order valence-corrected chi connectivity index (χ1v) is 6.53. The number of carboxylic acid groups (broad SMARTS) is 1. The van der Waals surface area contributed by atoms with E-state index in [1.54, 1.807) is 16.8 Å². The van der Waals surface area contributed by atoms with Crippen molar-refractivity contribution in [1.29, 1.82) is 0 Å². The summed E-state index contributed by atoms with van der Waals surface area (Å²) in [5, 5.41) is 8.93. The first-order chi connectivity index (χ1) is 9.09. The number of ether oxygens (including phenoxy) is 2. The zero-order chi connectivity index (χ0) is 13.8. The molecule has 2 saturated heterocycles. The molecule has 19 heavy (non-hydrogen) atoms. The van der Waals surface area contributed by atoms with E-state index in [-0.39, 0.29) is 25.2 Å². The number of hydrogen-bond donors (Lipinski definition) is 1. The number of aliphatic carboxylic acids is 1. The van der Waals surface area contributed by atoms with E-state index in [4.69, 9.17) is 14.6 Å². The van der Waals surface area contributed by atoms with Gasteiger partial charge in [0.1, 0.15) is 0 Å². The summed E-state index contributed by atoms with van der Waals surface area (Å²) in [5.41, 5.74) is 0. The van der Waals surface area contributed by atoms with E-state index in [1.807, 2.05) is 0 Å². The number of rotatable bonds is 2. The number of nitrogens with zero attached hydrogens (tertiary/aromatic N) is 2. The van der Waals surface area contributed by atoms with Crippen molar-refractivity contribution in [3.05, 3.63) is 0 Å². The van der Waals surface area contributed by atoms with Crippen molar-refractivity contribution in [3.8, 4) is 0 Å². The van der Waals surface area contributed by atoms with Crippen LogP contribution in [-0.4, -0.2) is 79.0 Å². The molecule has 2 aliphatic heterocycles. The molecule has 0 aromatic carbocycles. The minimum Gasteiger partial charge on any atom is -0.479 e. The lowest BCUT2D eigenvalue weighted by molar-refractivity contribution is -0.154. The fourth-order valence-electron chi connectivity index (χ4n) is 2.42. The Balaban J connectivity index is 1.92. The molecule has 2 amide bonds. The predicted molar refractivity (Wildman–Crippen MR) is 65.9 cm³/mol. The van der Waals surface area contributed by atoms with Crippen molar-refractivity contribution < 1.29 is 24.2 Å². The van der Waals surface area contributed by atoms with Crippen LogP contribution in [0.4, 0.5) is 4.79 Å². The van der Waals surface area contributed by atoms with Gasteiger partial charge in [-0.2, -0.15) is 0 Å². The first kappa shape index (κ1) is 14.1. The van der Waals surface area contributed by atoms with Crippen molar-refractivity contribution in [2.45, 2.75) is 25.0 Å². The van der Waals surface area contributed by atoms with Gasteiger partial charge >= 0.3 is 12.0 Å². The van der Waals surface area contributed by atoms with Gasteiger partial charge in [0.05, 0.1) is 13.2 Å². The van der Waals surface area contributed by atoms with E-state index < -0.39 is 12.1 Å². The Morgan fingerprint density at radius 3 is 2.58 bits per heavy atom. The summed E-state index contributed by atoms with van der Waals surface area (Å²) in [6.07, 6.45) is 0.741. The summed E-state index contributed by atoms with van der Waals surface area (Å²) < 4.78 is 10.4. The van der Waals surface area contributed by atoms with E-state index in [2.05, 4.69) is 0 Å². The second-order valence-electron chi connectivity index (χ2n) is 4.88. The molecule has 0 aromatic rings. The Kier molecular flexibility index (Phi) is 4.60. The zero-order valence-corrected chi connectivity index (χ0v) is 11.1. The van der Waals surface area contributed by atoms with E-state index in [0.717, 1.165) is 12.8 Å². The normalized spacial score (nSPS) is 25.1. The van der Waals surface area contributed by atoms with E-state index in [9.17, 15) is 9.59 Å². The highest BCUT2D eigenvalue weighted by Gasteiger charge is 2.32. The standard InChI is InChI=1S/C12H20N2O5/c1-13(9-2-5-18-6-3-9)12(17)14-4-7-19-10(8-14)11(15)16/h9-10H,2-8H2,1H3,(H,15,16). The Morgan fingerprint density at radius 2 is 1.95 bits per heavy atom. The van der Waals surface area contributed by atoms with E-state index in [1.165, 1.54) is 0 Å². The number of morpholine rings is 1. The van der Waals surface area contributed by atoms with Gasteiger partial charge in [-0.25, -0.2) is 9.59 Å². The average molecular weight is 272 g/mol. The number of carbonyl (C=O) groups excluding carboxylic acids is 1. The minimum absolute atomic E-state index is 0.113. The van der Waals surface area contributed by atoms with Crippen molar-refractivity contribution in [2.24, 2.45) is 0 Å². The third-order valence-corrected chi connectivity index (χ3v) is 3.65. The molecule has 1 unspecified atom stereocenters. The van der Waals surface area contributed by atoms with Gasteiger partial charge in [-0.1, -0.05) is 0 Å². The maximum Gasteiger partial charge on any atom is 0.334 e. The number of urea groups is 1. The second-order valence-corrected chi connectivity index (χ2v) is 4.88. The van der Waals surface area contributed by atoms with Crippen LogP contribution in [0.15, 0.2) is 0 Å². The highest BCUT2D eigenvalue weighted by atomic mass is 16.5. The third kappa shape index (κ3) is 3.36. The van der Waals surface area contributed by atoms with Crippen LogP contribution in [0.25, 0.3) is 0 Å². The number of hydrogen-bond acceptors (Lipinski definition) is 4. The fraction of sp³-hybridized carbons (Fsp3) is 0.833. The minimum atomic E-state index is -1.02. The van der Waals surface area contributed by atoms with E-state index in [0.29, 0.717) is 19.8 Å². The summed E-state index contributed by atoms with van der Waals surface area (Å²) in [6.45, 7) is 2.16. The van der Waals surface area contributed by atoms with Gasteiger partial charge < -0.3 is 24.4 Å². The van der Waals surface area contributed by atoms with Crippen LogP contribution in [0, 0.1) is 0 Å². The molecule has 2 fully saturated rings. The SMILES string of the molecule is CN(C(=O)N1CCOC(C(=O)O)C1)C1CCOCC1. The highest BCUT2D eigenvalue weighted by molar-refractivity contribution is 5.77.